The van der Waals surface area contributed by atoms with Crippen LogP contribution in [0.2, 0.25) is 0 Å². The summed E-state index contributed by atoms with van der Waals surface area (Å²) in [6.45, 7) is 10.7. The molecule has 0 saturated carbocycles. The van der Waals surface area contributed by atoms with E-state index in [1.54, 1.807) is 0 Å². The summed E-state index contributed by atoms with van der Waals surface area (Å²) < 4.78 is 0. The van der Waals surface area contributed by atoms with Gasteiger partial charge in [-0.2, -0.15) is 0 Å². The molecule has 0 fully saturated rings. The van der Waals surface area contributed by atoms with Gasteiger partial charge in [-0.05, 0) is 18.9 Å². The van der Waals surface area contributed by atoms with Crippen molar-refractivity contribution in [1.82, 2.24) is 10.6 Å². The second kappa shape index (κ2) is 8.23. The van der Waals surface area contributed by atoms with Crippen LogP contribution < -0.4 is 10.6 Å². The molecule has 2 unspecified atom stereocenters. The molecule has 2 N–H and O–H groups in total. The molecule has 0 spiro atoms. The Morgan fingerprint density at radius 2 is 1.71 bits per heavy atom. The van der Waals surface area contributed by atoms with E-state index in [2.05, 4.69) is 10.6 Å². The lowest BCUT2D eigenvalue weighted by Crippen LogP contribution is -2.48. The van der Waals surface area contributed by atoms with Crippen molar-refractivity contribution in [3.05, 3.63) is 0 Å². The first-order valence-corrected chi connectivity index (χ1v) is 6.47. The molecule has 17 heavy (non-hydrogen) atoms. The predicted molar refractivity (Wildman–Crippen MR) is 69.8 cm³/mol. The molecule has 0 bridgehead atoms. The van der Waals surface area contributed by atoms with Crippen LogP contribution in [0, 0.1) is 11.8 Å². The minimum Gasteiger partial charge on any atom is -0.348 e. The Kier molecular flexibility index (Phi) is 7.79. The summed E-state index contributed by atoms with van der Waals surface area (Å²) >= 11 is 0. The molecule has 0 aliphatic carbocycles. The number of rotatable bonds is 8. The normalized spacial score (nSPS) is 14.5. The smallest absolute Gasteiger partial charge is 0.237 e. The van der Waals surface area contributed by atoms with Crippen LogP contribution in [0.3, 0.4) is 0 Å². The number of amides is 1. The van der Waals surface area contributed by atoms with Crippen molar-refractivity contribution in [3.8, 4) is 0 Å². The number of hydrogen-bond acceptors (Lipinski definition) is 3. The molecule has 4 nitrogen and oxygen atoms in total. The van der Waals surface area contributed by atoms with E-state index in [9.17, 15) is 9.59 Å². The van der Waals surface area contributed by atoms with Crippen LogP contribution in [0.25, 0.3) is 0 Å². The predicted octanol–water partition coefficient (Wildman–Crippen LogP) is 1.35. The largest absolute Gasteiger partial charge is 0.348 e. The highest BCUT2D eigenvalue weighted by molar-refractivity contribution is 5.89. The van der Waals surface area contributed by atoms with Crippen LogP contribution >= 0.6 is 0 Å². The molecule has 0 rings (SSSR count). The van der Waals surface area contributed by atoms with Crippen LogP contribution in [-0.4, -0.2) is 30.8 Å². The number of carbonyl (C=O) groups is 2. The van der Waals surface area contributed by atoms with Gasteiger partial charge in [0.05, 0.1) is 12.6 Å². The van der Waals surface area contributed by atoms with Gasteiger partial charge in [0, 0.05) is 5.92 Å². The Balaban J connectivity index is 4.19. The number of Topliss-reactive ketones (excluding diaryl/α,β-unsaturated/α-hetero) is 1. The molecule has 0 aliphatic rings. The molecule has 100 valence electrons. The third-order valence-electron chi connectivity index (χ3n) is 2.97. The first kappa shape index (κ1) is 16.1. The van der Waals surface area contributed by atoms with Crippen LogP contribution in [0.15, 0.2) is 0 Å². The first-order chi connectivity index (χ1) is 7.93. The molecule has 0 aliphatic heterocycles. The van der Waals surface area contributed by atoms with Crippen LogP contribution in [0.5, 0.6) is 0 Å². The zero-order chi connectivity index (χ0) is 13.4. The fourth-order valence-corrected chi connectivity index (χ4v) is 1.54. The van der Waals surface area contributed by atoms with Crippen molar-refractivity contribution in [2.24, 2.45) is 11.8 Å². The first-order valence-electron chi connectivity index (χ1n) is 6.47. The number of nitrogens with one attached hydrogen (secondary N) is 2. The van der Waals surface area contributed by atoms with Crippen molar-refractivity contribution in [2.75, 3.05) is 13.1 Å². The monoisotopic (exact) mass is 242 g/mol. The summed E-state index contributed by atoms with van der Waals surface area (Å²) in [4.78, 5) is 23.5. The third kappa shape index (κ3) is 5.82. The molecule has 4 heteroatoms. The quantitative estimate of drug-likeness (QED) is 0.675. The zero-order valence-electron chi connectivity index (χ0n) is 11.7. The fourth-order valence-electron chi connectivity index (χ4n) is 1.54. The Bertz CT molecular complexity index is 252. The molecule has 1 amide bonds. The molecule has 2 atom stereocenters. The summed E-state index contributed by atoms with van der Waals surface area (Å²) in [5, 5.41) is 5.84. The standard InChI is InChI=1S/C13H26N2O2/c1-6-10(5)11(16)8-15-13(17)12(9(3)4)14-7-2/h9-10,12,14H,6-8H2,1-5H3,(H,15,17). The van der Waals surface area contributed by atoms with Crippen molar-refractivity contribution in [2.45, 2.75) is 47.1 Å². The van der Waals surface area contributed by atoms with Gasteiger partial charge in [-0.3, -0.25) is 9.59 Å². The Labute approximate surface area is 105 Å². The average Bonchev–Trinajstić information content (AvgIpc) is 2.30. The Morgan fingerprint density at radius 3 is 2.12 bits per heavy atom. The van der Waals surface area contributed by atoms with Gasteiger partial charge in [0.25, 0.3) is 0 Å². The molecule has 0 radical (unpaired) electrons. The molecule has 0 saturated heterocycles. The van der Waals surface area contributed by atoms with E-state index in [0.717, 1.165) is 13.0 Å². The lowest BCUT2D eigenvalue weighted by atomic mass is 10.0. The molecule has 0 heterocycles. The van der Waals surface area contributed by atoms with E-state index in [0.29, 0.717) is 0 Å². The minimum atomic E-state index is -0.218. The number of likely N-dealkylation sites (N-methyl/N-ethyl adjacent to an activating group) is 1. The summed E-state index contributed by atoms with van der Waals surface area (Å²) in [6.07, 6.45) is 0.815. The fraction of sp³-hybridized carbons (Fsp3) is 0.846. The zero-order valence-corrected chi connectivity index (χ0v) is 11.7. The third-order valence-corrected chi connectivity index (χ3v) is 2.97. The second-order valence-electron chi connectivity index (χ2n) is 4.77. The van der Waals surface area contributed by atoms with Gasteiger partial charge in [-0.25, -0.2) is 0 Å². The van der Waals surface area contributed by atoms with E-state index in [4.69, 9.17) is 0 Å². The van der Waals surface area contributed by atoms with Gasteiger partial charge in [0.2, 0.25) is 5.91 Å². The van der Waals surface area contributed by atoms with Gasteiger partial charge in [-0.15, -0.1) is 0 Å². The molecule has 0 aromatic rings. The van der Waals surface area contributed by atoms with Crippen molar-refractivity contribution >= 4 is 11.7 Å². The van der Waals surface area contributed by atoms with E-state index < -0.39 is 0 Å². The van der Waals surface area contributed by atoms with Gasteiger partial charge in [0.15, 0.2) is 5.78 Å². The lowest BCUT2D eigenvalue weighted by Gasteiger charge is -2.21. The van der Waals surface area contributed by atoms with Gasteiger partial charge in [0.1, 0.15) is 0 Å². The molecular formula is C13H26N2O2. The van der Waals surface area contributed by atoms with Crippen LogP contribution in [-0.2, 0) is 9.59 Å². The van der Waals surface area contributed by atoms with Crippen molar-refractivity contribution < 1.29 is 9.59 Å². The van der Waals surface area contributed by atoms with Crippen molar-refractivity contribution in [1.29, 1.82) is 0 Å². The average molecular weight is 242 g/mol. The van der Waals surface area contributed by atoms with E-state index in [1.807, 2.05) is 34.6 Å². The van der Waals surface area contributed by atoms with Crippen LogP contribution in [0.4, 0.5) is 0 Å². The number of hydrogen-bond donors (Lipinski definition) is 2. The molecule has 0 aromatic heterocycles. The maximum absolute atomic E-state index is 11.9. The Hall–Kier alpha value is -0.900. The summed E-state index contributed by atoms with van der Waals surface area (Å²) in [5.41, 5.74) is 0. The van der Waals surface area contributed by atoms with Gasteiger partial charge < -0.3 is 10.6 Å². The second-order valence-corrected chi connectivity index (χ2v) is 4.77. The highest BCUT2D eigenvalue weighted by Crippen LogP contribution is 2.03. The van der Waals surface area contributed by atoms with E-state index >= 15 is 0 Å². The summed E-state index contributed by atoms with van der Waals surface area (Å²) in [6, 6.07) is -0.218. The highest BCUT2D eigenvalue weighted by atomic mass is 16.2. The van der Waals surface area contributed by atoms with E-state index in [-0.39, 0.29) is 36.1 Å². The van der Waals surface area contributed by atoms with Gasteiger partial charge in [-0.1, -0.05) is 34.6 Å². The highest BCUT2D eigenvalue weighted by Gasteiger charge is 2.21. The minimum absolute atomic E-state index is 0.0203. The summed E-state index contributed by atoms with van der Waals surface area (Å²) in [7, 11) is 0. The van der Waals surface area contributed by atoms with Crippen LogP contribution in [0.1, 0.15) is 41.0 Å². The number of ketones is 1. The lowest BCUT2D eigenvalue weighted by molar-refractivity contribution is -0.128. The van der Waals surface area contributed by atoms with E-state index in [1.165, 1.54) is 0 Å². The summed E-state index contributed by atoms with van der Waals surface area (Å²) in [5.74, 6) is 0.249. The topological polar surface area (TPSA) is 58.2 Å². The molecule has 0 aromatic carbocycles. The molecular weight excluding hydrogens is 216 g/mol. The number of carbonyl (C=O) groups excluding carboxylic acids is 2. The van der Waals surface area contributed by atoms with Crippen molar-refractivity contribution in [3.63, 3.8) is 0 Å². The maximum atomic E-state index is 11.9. The maximum Gasteiger partial charge on any atom is 0.237 e. The SMILES string of the molecule is CCNC(C(=O)NCC(=O)C(C)CC)C(C)C. The Morgan fingerprint density at radius 1 is 1.12 bits per heavy atom. The van der Waals surface area contributed by atoms with Gasteiger partial charge >= 0.3 is 0 Å².